The first-order valence-corrected chi connectivity index (χ1v) is 6.76. The zero-order valence-electron chi connectivity index (χ0n) is 11.9. The summed E-state index contributed by atoms with van der Waals surface area (Å²) in [7, 11) is 0. The Hall–Kier alpha value is -2.43. The molecular formula is C16H17FN2O2. The molecule has 0 fully saturated rings. The fourth-order valence-electron chi connectivity index (χ4n) is 2.05. The summed E-state index contributed by atoms with van der Waals surface area (Å²) in [5, 5.41) is 12.2. The predicted octanol–water partition coefficient (Wildman–Crippen LogP) is 3.65. The smallest absolute Gasteiger partial charge is 0.335 e. The summed E-state index contributed by atoms with van der Waals surface area (Å²) in [5.74, 6) is -0.820. The number of rotatable bonds is 5. The Morgan fingerprint density at radius 1 is 1.38 bits per heavy atom. The van der Waals surface area contributed by atoms with Crippen LogP contribution in [0.4, 0.5) is 10.2 Å². The molecule has 0 aliphatic heterocycles. The second-order valence-corrected chi connectivity index (χ2v) is 4.81. The first-order valence-electron chi connectivity index (χ1n) is 6.76. The van der Waals surface area contributed by atoms with Crippen molar-refractivity contribution in [3.05, 3.63) is 59.0 Å². The number of halogens is 1. The van der Waals surface area contributed by atoms with Gasteiger partial charge in [0, 0.05) is 5.69 Å². The number of pyridine rings is 1. The molecule has 0 spiro atoms. The van der Waals surface area contributed by atoms with Gasteiger partial charge in [-0.25, -0.2) is 14.2 Å². The van der Waals surface area contributed by atoms with Crippen LogP contribution in [0.2, 0.25) is 0 Å². The molecule has 0 saturated carbocycles. The van der Waals surface area contributed by atoms with E-state index in [-0.39, 0.29) is 17.4 Å². The molecule has 1 heterocycles. The van der Waals surface area contributed by atoms with Gasteiger partial charge in [-0.3, -0.25) is 0 Å². The number of carboxylic acids is 1. The highest BCUT2D eigenvalue weighted by atomic mass is 19.1. The molecular weight excluding hydrogens is 271 g/mol. The van der Waals surface area contributed by atoms with Crippen molar-refractivity contribution in [3.63, 3.8) is 0 Å². The lowest BCUT2D eigenvalue weighted by Gasteiger charge is -2.16. The summed E-state index contributed by atoms with van der Waals surface area (Å²) in [6, 6.07) is 9.14. The number of carboxylic acid groups (broad SMARTS) is 1. The number of carbonyl (C=O) groups is 1. The summed E-state index contributed by atoms with van der Waals surface area (Å²) in [6.45, 7) is 3.78. The van der Waals surface area contributed by atoms with Crippen molar-refractivity contribution in [1.29, 1.82) is 0 Å². The van der Waals surface area contributed by atoms with Gasteiger partial charge in [0.25, 0.3) is 0 Å². The second-order valence-electron chi connectivity index (χ2n) is 4.81. The van der Waals surface area contributed by atoms with Gasteiger partial charge < -0.3 is 10.4 Å². The minimum Gasteiger partial charge on any atom is -0.478 e. The largest absolute Gasteiger partial charge is 0.478 e. The van der Waals surface area contributed by atoms with E-state index < -0.39 is 5.97 Å². The van der Waals surface area contributed by atoms with E-state index in [4.69, 9.17) is 5.11 Å². The molecule has 2 N–H and O–H groups in total. The first-order chi connectivity index (χ1) is 9.99. The highest BCUT2D eigenvalue weighted by molar-refractivity contribution is 5.88. The van der Waals surface area contributed by atoms with Crippen LogP contribution in [-0.2, 0) is 6.42 Å². The molecule has 2 rings (SSSR count). The molecule has 0 radical (unpaired) electrons. The minimum atomic E-state index is -0.992. The van der Waals surface area contributed by atoms with Crippen LogP contribution < -0.4 is 5.32 Å². The molecule has 0 amide bonds. The normalized spacial score (nSPS) is 12.0. The molecule has 21 heavy (non-hydrogen) atoms. The van der Waals surface area contributed by atoms with E-state index >= 15 is 0 Å². The maximum atomic E-state index is 13.2. The van der Waals surface area contributed by atoms with Gasteiger partial charge >= 0.3 is 5.97 Å². The predicted molar refractivity (Wildman–Crippen MR) is 79.0 cm³/mol. The average molecular weight is 288 g/mol. The van der Waals surface area contributed by atoms with E-state index in [1.54, 1.807) is 12.1 Å². The Labute approximate surface area is 122 Å². The zero-order valence-corrected chi connectivity index (χ0v) is 11.9. The monoisotopic (exact) mass is 288 g/mol. The van der Waals surface area contributed by atoms with Crippen LogP contribution in [0, 0.1) is 5.82 Å². The maximum Gasteiger partial charge on any atom is 0.335 e. The van der Waals surface area contributed by atoms with Crippen LogP contribution in [0.25, 0.3) is 0 Å². The maximum absolute atomic E-state index is 13.2. The third-order valence-electron chi connectivity index (χ3n) is 3.20. The fraction of sp³-hybridized carbons (Fsp3) is 0.250. The summed E-state index contributed by atoms with van der Waals surface area (Å²) in [4.78, 5) is 15.5. The van der Waals surface area contributed by atoms with Gasteiger partial charge in [-0.15, -0.1) is 0 Å². The number of benzene rings is 1. The third-order valence-corrected chi connectivity index (χ3v) is 3.20. The van der Waals surface area contributed by atoms with Crippen molar-refractivity contribution in [2.24, 2.45) is 0 Å². The van der Waals surface area contributed by atoms with Gasteiger partial charge in [0.2, 0.25) is 0 Å². The Morgan fingerprint density at radius 3 is 2.76 bits per heavy atom. The lowest BCUT2D eigenvalue weighted by atomic mass is 10.1. The molecule has 1 aromatic heterocycles. The first kappa shape index (κ1) is 15.0. The van der Waals surface area contributed by atoms with E-state index in [1.165, 1.54) is 18.2 Å². The van der Waals surface area contributed by atoms with Crippen LogP contribution >= 0.6 is 0 Å². The van der Waals surface area contributed by atoms with Gasteiger partial charge in [-0.1, -0.05) is 19.1 Å². The standard InChI is InChI=1S/C16H17FN2O2/c1-3-14-8-12(16(20)21)9-15(19-14)18-10(2)11-5-4-6-13(17)7-11/h4-10H,3H2,1-2H3,(H,18,19)(H,20,21). The van der Waals surface area contributed by atoms with E-state index in [2.05, 4.69) is 10.3 Å². The minimum absolute atomic E-state index is 0.179. The van der Waals surface area contributed by atoms with Crippen molar-refractivity contribution in [2.75, 3.05) is 5.32 Å². The molecule has 0 saturated heterocycles. The van der Waals surface area contributed by atoms with Crippen LogP contribution in [0.5, 0.6) is 0 Å². The quantitative estimate of drug-likeness (QED) is 0.881. The van der Waals surface area contributed by atoms with E-state index in [1.807, 2.05) is 19.9 Å². The fourth-order valence-corrected chi connectivity index (χ4v) is 2.05. The Balaban J connectivity index is 2.26. The highest BCUT2D eigenvalue weighted by Crippen LogP contribution is 2.20. The lowest BCUT2D eigenvalue weighted by Crippen LogP contribution is -2.10. The Kier molecular flexibility index (Phi) is 4.52. The highest BCUT2D eigenvalue weighted by Gasteiger charge is 2.11. The molecule has 5 heteroatoms. The van der Waals surface area contributed by atoms with Crippen LogP contribution in [0.3, 0.4) is 0 Å². The topological polar surface area (TPSA) is 62.2 Å². The second kappa shape index (κ2) is 6.35. The Bertz CT molecular complexity index is 658. The Morgan fingerprint density at radius 2 is 2.14 bits per heavy atom. The molecule has 0 aliphatic rings. The summed E-state index contributed by atoms with van der Waals surface area (Å²) in [5.41, 5.74) is 1.66. The zero-order chi connectivity index (χ0) is 15.4. The summed E-state index contributed by atoms with van der Waals surface area (Å²) in [6.07, 6.45) is 0.643. The van der Waals surface area contributed by atoms with Crippen molar-refractivity contribution in [2.45, 2.75) is 26.3 Å². The molecule has 110 valence electrons. The number of aryl methyl sites for hydroxylation is 1. The molecule has 1 aromatic carbocycles. The molecule has 1 atom stereocenters. The average Bonchev–Trinajstić information content (AvgIpc) is 2.46. The van der Waals surface area contributed by atoms with Crippen LogP contribution in [-0.4, -0.2) is 16.1 Å². The van der Waals surface area contributed by atoms with Crippen molar-refractivity contribution < 1.29 is 14.3 Å². The van der Waals surface area contributed by atoms with E-state index in [9.17, 15) is 9.18 Å². The van der Waals surface area contributed by atoms with Crippen LogP contribution in [0.1, 0.15) is 41.5 Å². The SMILES string of the molecule is CCc1cc(C(=O)O)cc(NC(C)c2cccc(F)c2)n1. The van der Waals surface area contributed by atoms with Crippen molar-refractivity contribution in [3.8, 4) is 0 Å². The number of nitrogens with one attached hydrogen (secondary N) is 1. The van der Waals surface area contributed by atoms with Gasteiger partial charge in [0.15, 0.2) is 0 Å². The number of hydrogen-bond donors (Lipinski definition) is 2. The number of hydrogen-bond acceptors (Lipinski definition) is 3. The van der Waals surface area contributed by atoms with E-state index in [0.29, 0.717) is 17.9 Å². The molecule has 0 bridgehead atoms. The molecule has 0 aliphatic carbocycles. The lowest BCUT2D eigenvalue weighted by molar-refractivity contribution is 0.0696. The van der Waals surface area contributed by atoms with Gasteiger partial charge in [-0.05, 0) is 43.2 Å². The van der Waals surface area contributed by atoms with Crippen LogP contribution in [0.15, 0.2) is 36.4 Å². The number of anilines is 1. The van der Waals surface area contributed by atoms with Crippen molar-refractivity contribution in [1.82, 2.24) is 4.98 Å². The molecule has 2 aromatic rings. The number of aromatic nitrogens is 1. The summed E-state index contributed by atoms with van der Waals surface area (Å²) < 4.78 is 13.2. The number of aromatic carboxylic acids is 1. The van der Waals surface area contributed by atoms with E-state index in [0.717, 1.165) is 5.56 Å². The number of nitrogens with zero attached hydrogens (tertiary/aromatic N) is 1. The van der Waals surface area contributed by atoms with Crippen molar-refractivity contribution >= 4 is 11.8 Å². The van der Waals surface area contributed by atoms with Gasteiger partial charge in [-0.2, -0.15) is 0 Å². The third kappa shape index (κ3) is 3.78. The molecule has 1 unspecified atom stereocenters. The molecule has 4 nitrogen and oxygen atoms in total. The van der Waals surface area contributed by atoms with Gasteiger partial charge in [0.05, 0.1) is 11.6 Å². The van der Waals surface area contributed by atoms with Gasteiger partial charge in [0.1, 0.15) is 11.6 Å². The summed E-state index contributed by atoms with van der Waals surface area (Å²) >= 11 is 0.